The molecule has 0 amide bonds. The fraction of sp³-hybridized carbons (Fsp3) is 0.875. The molecule has 1 N–H and O–H groups in total. The SMILES string of the molecule is CCCNC1CCC(c2nc(C(C)(CC)OC)no2)CC1. The zero-order valence-corrected chi connectivity index (χ0v) is 13.8. The van der Waals surface area contributed by atoms with Crippen LogP contribution in [0.25, 0.3) is 0 Å². The Hall–Kier alpha value is -0.940. The van der Waals surface area contributed by atoms with Crippen LogP contribution in [-0.4, -0.2) is 29.8 Å². The van der Waals surface area contributed by atoms with Crippen molar-refractivity contribution in [3.63, 3.8) is 0 Å². The number of rotatable bonds is 7. The zero-order valence-electron chi connectivity index (χ0n) is 13.8. The summed E-state index contributed by atoms with van der Waals surface area (Å²) < 4.78 is 11.0. The molecule has 1 atom stereocenters. The predicted octanol–water partition coefficient (Wildman–Crippen LogP) is 3.37. The van der Waals surface area contributed by atoms with E-state index in [9.17, 15) is 0 Å². The molecule has 0 aromatic carbocycles. The van der Waals surface area contributed by atoms with Gasteiger partial charge in [-0.2, -0.15) is 4.98 Å². The van der Waals surface area contributed by atoms with E-state index in [1.165, 1.54) is 19.3 Å². The summed E-state index contributed by atoms with van der Waals surface area (Å²) in [7, 11) is 1.70. The van der Waals surface area contributed by atoms with Crippen LogP contribution in [0.2, 0.25) is 0 Å². The van der Waals surface area contributed by atoms with Gasteiger partial charge in [0.2, 0.25) is 11.7 Å². The number of hydrogen-bond acceptors (Lipinski definition) is 5. The van der Waals surface area contributed by atoms with Crippen molar-refractivity contribution in [2.24, 2.45) is 0 Å². The van der Waals surface area contributed by atoms with Gasteiger partial charge in [0.25, 0.3) is 0 Å². The van der Waals surface area contributed by atoms with Crippen LogP contribution >= 0.6 is 0 Å². The molecule has 21 heavy (non-hydrogen) atoms. The lowest BCUT2D eigenvalue weighted by Gasteiger charge is -2.27. The third-order valence-corrected chi connectivity index (χ3v) is 4.80. The fourth-order valence-electron chi connectivity index (χ4n) is 2.90. The first kappa shape index (κ1) is 16.4. The number of nitrogens with zero attached hydrogens (tertiary/aromatic N) is 2. The highest BCUT2D eigenvalue weighted by atomic mass is 16.5. The quantitative estimate of drug-likeness (QED) is 0.835. The molecule has 0 spiro atoms. The average Bonchev–Trinajstić information content (AvgIpc) is 3.03. The van der Waals surface area contributed by atoms with Crippen LogP contribution in [0.1, 0.15) is 76.9 Å². The normalized spacial score (nSPS) is 25.7. The fourth-order valence-corrected chi connectivity index (χ4v) is 2.90. The first-order valence-corrected chi connectivity index (χ1v) is 8.25. The highest BCUT2D eigenvalue weighted by Gasteiger charge is 2.32. The van der Waals surface area contributed by atoms with Crippen molar-refractivity contribution in [3.8, 4) is 0 Å². The Labute approximate surface area is 127 Å². The van der Waals surface area contributed by atoms with Crippen LogP contribution in [0.3, 0.4) is 0 Å². The molecule has 0 radical (unpaired) electrons. The van der Waals surface area contributed by atoms with Crippen molar-refractivity contribution in [1.82, 2.24) is 15.5 Å². The van der Waals surface area contributed by atoms with Gasteiger partial charge in [-0.3, -0.25) is 0 Å². The van der Waals surface area contributed by atoms with E-state index in [1.807, 2.05) is 6.92 Å². The number of ether oxygens (including phenoxy) is 1. The molecule has 1 heterocycles. The van der Waals surface area contributed by atoms with Crippen LogP contribution in [0.5, 0.6) is 0 Å². The summed E-state index contributed by atoms with van der Waals surface area (Å²) in [6, 6.07) is 0.656. The lowest BCUT2D eigenvalue weighted by atomic mass is 9.86. The van der Waals surface area contributed by atoms with Crippen molar-refractivity contribution >= 4 is 0 Å². The smallest absolute Gasteiger partial charge is 0.229 e. The third kappa shape index (κ3) is 3.83. The van der Waals surface area contributed by atoms with Crippen LogP contribution < -0.4 is 5.32 Å². The van der Waals surface area contributed by atoms with Gasteiger partial charge in [-0.25, -0.2) is 0 Å². The lowest BCUT2D eigenvalue weighted by molar-refractivity contribution is -0.0106. The van der Waals surface area contributed by atoms with Crippen molar-refractivity contribution < 1.29 is 9.26 Å². The molecule has 120 valence electrons. The molecule has 0 saturated heterocycles. The number of aromatic nitrogens is 2. The van der Waals surface area contributed by atoms with E-state index in [2.05, 4.69) is 29.3 Å². The highest BCUT2D eigenvalue weighted by Crippen LogP contribution is 2.34. The summed E-state index contributed by atoms with van der Waals surface area (Å²) in [5.41, 5.74) is -0.443. The molecule has 1 aromatic rings. The minimum atomic E-state index is -0.443. The van der Waals surface area contributed by atoms with E-state index in [0.717, 1.165) is 31.7 Å². The summed E-state index contributed by atoms with van der Waals surface area (Å²) in [5, 5.41) is 7.75. The molecule has 1 saturated carbocycles. The second-order valence-electron chi connectivity index (χ2n) is 6.25. The average molecular weight is 295 g/mol. The topological polar surface area (TPSA) is 60.2 Å². The van der Waals surface area contributed by atoms with Gasteiger partial charge in [0.15, 0.2) is 0 Å². The Morgan fingerprint density at radius 2 is 2.00 bits per heavy atom. The molecule has 0 aliphatic heterocycles. The van der Waals surface area contributed by atoms with Crippen molar-refractivity contribution in [1.29, 1.82) is 0 Å². The molecule has 1 aliphatic carbocycles. The van der Waals surface area contributed by atoms with E-state index in [-0.39, 0.29) is 0 Å². The van der Waals surface area contributed by atoms with Crippen LogP contribution in [0.4, 0.5) is 0 Å². The van der Waals surface area contributed by atoms with E-state index in [1.54, 1.807) is 7.11 Å². The standard InChI is InChI=1S/C16H29N3O2/c1-5-11-17-13-9-7-12(8-10-13)14-18-15(19-21-14)16(3,6-2)20-4/h12-13,17H,5-11H2,1-4H3. The highest BCUT2D eigenvalue weighted by molar-refractivity contribution is 5.03. The molecule has 5 nitrogen and oxygen atoms in total. The Morgan fingerprint density at radius 3 is 2.57 bits per heavy atom. The van der Waals surface area contributed by atoms with Gasteiger partial charge in [0, 0.05) is 19.1 Å². The Bertz CT molecular complexity index is 421. The monoisotopic (exact) mass is 295 g/mol. The van der Waals surface area contributed by atoms with Gasteiger partial charge < -0.3 is 14.6 Å². The van der Waals surface area contributed by atoms with Gasteiger partial charge in [0.1, 0.15) is 5.60 Å². The summed E-state index contributed by atoms with van der Waals surface area (Å²) in [4.78, 5) is 4.61. The summed E-state index contributed by atoms with van der Waals surface area (Å²) in [6.07, 6.45) is 6.66. The molecule has 1 aliphatic rings. The Morgan fingerprint density at radius 1 is 1.29 bits per heavy atom. The van der Waals surface area contributed by atoms with Gasteiger partial charge in [-0.05, 0) is 52.0 Å². The van der Waals surface area contributed by atoms with Crippen molar-refractivity contribution in [2.75, 3.05) is 13.7 Å². The summed E-state index contributed by atoms with van der Waals surface area (Å²) in [6.45, 7) is 7.40. The van der Waals surface area contributed by atoms with E-state index in [0.29, 0.717) is 17.8 Å². The maximum Gasteiger partial charge on any atom is 0.229 e. The summed E-state index contributed by atoms with van der Waals surface area (Å²) >= 11 is 0. The molecule has 1 aromatic heterocycles. The second kappa shape index (κ2) is 7.36. The van der Waals surface area contributed by atoms with Gasteiger partial charge in [-0.1, -0.05) is 19.0 Å². The zero-order chi connectivity index (χ0) is 15.3. The number of methoxy groups -OCH3 is 1. The largest absolute Gasteiger partial charge is 0.370 e. The molecule has 1 unspecified atom stereocenters. The van der Waals surface area contributed by atoms with Crippen LogP contribution in [0.15, 0.2) is 4.52 Å². The van der Waals surface area contributed by atoms with E-state index >= 15 is 0 Å². The molecule has 0 bridgehead atoms. The number of hydrogen-bond donors (Lipinski definition) is 1. The van der Waals surface area contributed by atoms with E-state index in [4.69, 9.17) is 9.26 Å². The summed E-state index contributed by atoms with van der Waals surface area (Å²) in [5.74, 6) is 1.87. The van der Waals surface area contributed by atoms with Gasteiger partial charge in [0.05, 0.1) is 0 Å². The third-order valence-electron chi connectivity index (χ3n) is 4.80. The van der Waals surface area contributed by atoms with Gasteiger partial charge >= 0.3 is 0 Å². The first-order valence-electron chi connectivity index (χ1n) is 8.25. The second-order valence-corrected chi connectivity index (χ2v) is 6.25. The molecule has 1 fully saturated rings. The first-order chi connectivity index (χ1) is 10.1. The molecule has 5 heteroatoms. The minimum Gasteiger partial charge on any atom is -0.370 e. The molecule has 2 rings (SSSR count). The lowest BCUT2D eigenvalue weighted by Crippen LogP contribution is -2.33. The van der Waals surface area contributed by atoms with Crippen molar-refractivity contribution in [3.05, 3.63) is 11.7 Å². The number of nitrogens with one attached hydrogen (secondary N) is 1. The minimum absolute atomic E-state index is 0.406. The maximum atomic E-state index is 5.54. The van der Waals surface area contributed by atoms with Crippen LogP contribution in [-0.2, 0) is 10.3 Å². The van der Waals surface area contributed by atoms with Crippen molar-refractivity contribution in [2.45, 2.75) is 76.9 Å². The predicted molar refractivity (Wildman–Crippen MR) is 82.2 cm³/mol. The molecular weight excluding hydrogens is 266 g/mol. The maximum absolute atomic E-state index is 5.54. The Balaban J connectivity index is 1.94. The van der Waals surface area contributed by atoms with E-state index < -0.39 is 5.60 Å². The Kier molecular flexibility index (Phi) is 5.76. The van der Waals surface area contributed by atoms with Crippen LogP contribution in [0, 0.1) is 0 Å². The molecular formula is C16H29N3O2. The van der Waals surface area contributed by atoms with Gasteiger partial charge in [-0.15, -0.1) is 0 Å².